The second kappa shape index (κ2) is 4.88. The minimum absolute atomic E-state index is 0.0316. The van der Waals surface area contributed by atoms with Crippen molar-refractivity contribution >= 4 is 46.5 Å². The van der Waals surface area contributed by atoms with E-state index in [-0.39, 0.29) is 10.0 Å². The number of nitrogens with one attached hydrogen (secondary N) is 1. The molecule has 1 N–H and O–H groups in total. The quantitative estimate of drug-likeness (QED) is 0.466. The number of nitrogens with zero attached hydrogens (tertiary/aromatic N) is 1. The number of H-pyrrole nitrogens is 1. The van der Waals surface area contributed by atoms with Crippen LogP contribution in [0.25, 0.3) is 16.7 Å². The van der Waals surface area contributed by atoms with E-state index in [0.29, 0.717) is 10.5 Å². The number of aromatic nitrogens is 2. The summed E-state index contributed by atoms with van der Waals surface area (Å²) >= 11 is 17.0. The van der Waals surface area contributed by atoms with Crippen LogP contribution in [0.2, 0.25) is 10.0 Å². The molecule has 102 valence electrons. The third-order valence-electron chi connectivity index (χ3n) is 3.06. The van der Waals surface area contributed by atoms with Crippen molar-refractivity contribution in [3.05, 3.63) is 56.5 Å². The van der Waals surface area contributed by atoms with E-state index in [4.69, 9.17) is 35.4 Å². The summed E-state index contributed by atoms with van der Waals surface area (Å²) in [6, 6.07) is 8.93. The molecule has 0 saturated carbocycles. The van der Waals surface area contributed by atoms with E-state index in [0.717, 1.165) is 16.6 Å². The monoisotopic (exact) mass is 326 g/mol. The summed E-state index contributed by atoms with van der Waals surface area (Å²) in [6.07, 6.45) is 0. The zero-order chi connectivity index (χ0) is 14.4. The first kappa shape index (κ1) is 13.6. The molecule has 20 heavy (non-hydrogen) atoms. The van der Waals surface area contributed by atoms with Crippen LogP contribution < -0.4 is 0 Å². The third kappa shape index (κ3) is 2.14. The van der Waals surface area contributed by atoms with Crippen LogP contribution in [-0.2, 0) is 0 Å². The van der Waals surface area contributed by atoms with Crippen LogP contribution in [0.1, 0.15) is 5.56 Å². The van der Waals surface area contributed by atoms with E-state index >= 15 is 0 Å². The minimum atomic E-state index is -0.626. The summed E-state index contributed by atoms with van der Waals surface area (Å²) in [6.45, 7) is 2.00. The van der Waals surface area contributed by atoms with Gasteiger partial charge in [0, 0.05) is 0 Å². The Labute approximate surface area is 129 Å². The fourth-order valence-corrected chi connectivity index (χ4v) is 2.94. The summed E-state index contributed by atoms with van der Waals surface area (Å²) in [5.74, 6) is -0.626. The minimum Gasteiger partial charge on any atom is -0.330 e. The summed E-state index contributed by atoms with van der Waals surface area (Å²) in [5, 5.41) is -0.0632. The highest BCUT2D eigenvalue weighted by Crippen LogP contribution is 2.29. The van der Waals surface area contributed by atoms with Gasteiger partial charge in [-0.25, -0.2) is 4.39 Å². The Hall–Kier alpha value is -1.36. The SMILES string of the molecule is Cc1ccc2c(c1)[nH]c(=S)n2-c1cc(Cl)c(F)c(Cl)c1. The molecule has 0 saturated heterocycles. The average Bonchev–Trinajstić information content (AvgIpc) is 2.70. The highest BCUT2D eigenvalue weighted by molar-refractivity contribution is 7.71. The van der Waals surface area contributed by atoms with Crippen LogP contribution in [0.3, 0.4) is 0 Å². The number of aryl methyl sites for hydroxylation is 1. The first-order valence-electron chi connectivity index (χ1n) is 5.83. The molecule has 1 heterocycles. The number of fused-ring (bicyclic) bond motifs is 1. The standard InChI is InChI=1S/C14H9Cl2FN2S/c1-7-2-3-12-11(4-7)18-14(20)19(12)8-5-9(15)13(17)10(16)6-8/h2-6H,1H3,(H,18,20). The van der Waals surface area contributed by atoms with Gasteiger partial charge in [0.2, 0.25) is 0 Å². The first-order chi connectivity index (χ1) is 9.47. The van der Waals surface area contributed by atoms with Crippen molar-refractivity contribution in [2.24, 2.45) is 0 Å². The highest BCUT2D eigenvalue weighted by Gasteiger charge is 2.12. The Balaban J connectivity index is 2.35. The van der Waals surface area contributed by atoms with Crippen molar-refractivity contribution in [2.45, 2.75) is 6.92 Å². The maximum Gasteiger partial charge on any atom is 0.182 e. The number of hydrogen-bond donors (Lipinski definition) is 1. The smallest absolute Gasteiger partial charge is 0.182 e. The molecule has 0 bridgehead atoms. The lowest BCUT2D eigenvalue weighted by Crippen LogP contribution is -1.95. The van der Waals surface area contributed by atoms with Gasteiger partial charge < -0.3 is 4.98 Å². The van der Waals surface area contributed by atoms with Crippen LogP contribution in [0.5, 0.6) is 0 Å². The second-order valence-corrected chi connectivity index (χ2v) is 5.71. The summed E-state index contributed by atoms with van der Waals surface area (Å²) in [7, 11) is 0. The summed E-state index contributed by atoms with van der Waals surface area (Å²) in [5.41, 5.74) is 3.54. The summed E-state index contributed by atoms with van der Waals surface area (Å²) < 4.78 is 15.8. The lowest BCUT2D eigenvalue weighted by Gasteiger charge is -2.07. The molecule has 2 aromatic carbocycles. The fourth-order valence-electron chi connectivity index (χ4n) is 2.15. The predicted molar refractivity (Wildman–Crippen MR) is 83.2 cm³/mol. The second-order valence-electron chi connectivity index (χ2n) is 4.51. The molecule has 0 unspecified atom stereocenters. The number of rotatable bonds is 1. The van der Waals surface area contributed by atoms with E-state index in [9.17, 15) is 4.39 Å². The van der Waals surface area contributed by atoms with Gasteiger partial charge in [0.15, 0.2) is 10.6 Å². The van der Waals surface area contributed by atoms with Crippen molar-refractivity contribution in [1.82, 2.24) is 9.55 Å². The molecule has 1 aromatic heterocycles. The Morgan fingerprint density at radius 1 is 1.15 bits per heavy atom. The van der Waals surface area contributed by atoms with Gasteiger partial charge in [-0.3, -0.25) is 4.57 Å². The van der Waals surface area contributed by atoms with Crippen molar-refractivity contribution in [2.75, 3.05) is 0 Å². The van der Waals surface area contributed by atoms with E-state index in [1.165, 1.54) is 12.1 Å². The zero-order valence-electron chi connectivity index (χ0n) is 10.4. The van der Waals surface area contributed by atoms with Crippen LogP contribution in [0, 0.1) is 17.5 Å². The maximum atomic E-state index is 13.5. The molecule has 0 fully saturated rings. The van der Waals surface area contributed by atoms with E-state index in [1.54, 1.807) is 4.57 Å². The van der Waals surface area contributed by atoms with Crippen LogP contribution in [0.15, 0.2) is 30.3 Å². The van der Waals surface area contributed by atoms with Crippen LogP contribution >= 0.6 is 35.4 Å². The van der Waals surface area contributed by atoms with Gasteiger partial charge in [0.25, 0.3) is 0 Å². The molecule has 0 radical (unpaired) electrons. The van der Waals surface area contributed by atoms with Crippen LogP contribution in [-0.4, -0.2) is 9.55 Å². The average molecular weight is 327 g/mol. The van der Waals surface area contributed by atoms with Gasteiger partial charge in [-0.1, -0.05) is 29.3 Å². The zero-order valence-corrected chi connectivity index (χ0v) is 12.7. The predicted octanol–water partition coefficient (Wildman–Crippen LogP) is 5.44. The molecule has 0 atom stereocenters. The maximum absolute atomic E-state index is 13.5. The Kier molecular flexibility index (Phi) is 3.32. The van der Waals surface area contributed by atoms with Crippen molar-refractivity contribution in [3.8, 4) is 5.69 Å². The molecule has 2 nitrogen and oxygen atoms in total. The molecular formula is C14H9Cl2FN2S. The Morgan fingerprint density at radius 2 is 1.80 bits per heavy atom. The summed E-state index contributed by atoms with van der Waals surface area (Å²) in [4.78, 5) is 3.12. The first-order valence-corrected chi connectivity index (χ1v) is 7.00. The van der Waals surface area contributed by atoms with Gasteiger partial charge in [-0.2, -0.15) is 0 Å². The van der Waals surface area contributed by atoms with Gasteiger partial charge >= 0.3 is 0 Å². The number of hydrogen-bond acceptors (Lipinski definition) is 1. The van der Waals surface area contributed by atoms with E-state index < -0.39 is 5.82 Å². The molecule has 0 aliphatic carbocycles. The Morgan fingerprint density at radius 3 is 2.45 bits per heavy atom. The van der Waals surface area contributed by atoms with Gasteiger partial charge in [-0.05, 0) is 49.0 Å². The third-order valence-corrected chi connectivity index (χ3v) is 3.90. The molecule has 0 spiro atoms. The molecule has 0 amide bonds. The molecule has 0 aliphatic rings. The lowest BCUT2D eigenvalue weighted by molar-refractivity contribution is 0.628. The van der Waals surface area contributed by atoms with Gasteiger partial charge in [0.1, 0.15) is 0 Å². The van der Waals surface area contributed by atoms with E-state index in [1.807, 2.05) is 25.1 Å². The number of halogens is 3. The van der Waals surface area contributed by atoms with Crippen LogP contribution in [0.4, 0.5) is 4.39 Å². The molecule has 6 heteroatoms. The fraction of sp³-hybridized carbons (Fsp3) is 0.0714. The lowest BCUT2D eigenvalue weighted by atomic mass is 10.2. The Bertz CT molecular complexity index is 859. The normalized spacial score (nSPS) is 11.2. The van der Waals surface area contributed by atoms with E-state index in [2.05, 4.69) is 4.98 Å². The highest BCUT2D eigenvalue weighted by atomic mass is 35.5. The number of aromatic amines is 1. The van der Waals surface area contributed by atoms with Gasteiger partial charge in [-0.15, -0.1) is 0 Å². The molecule has 0 aliphatic heterocycles. The number of imidazole rings is 1. The van der Waals surface area contributed by atoms with Gasteiger partial charge in [0.05, 0.1) is 26.8 Å². The number of benzene rings is 2. The van der Waals surface area contributed by atoms with Crippen molar-refractivity contribution in [3.63, 3.8) is 0 Å². The van der Waals surface area contributed by atoms with Crippen molar-refractivity contribution < 1.29 is 4.39 Å². The molecule has 3 aromatic rings. The molecule has 3 rings (SSSR count). The molecular weight excluding hydrogens is 318 g/mol. The topological polar surface area (TPSA) is 20.7 Å². The largest absolute Gasteiger partial charge is 0.330 e. The van der Waals surface area contributed by atoms with Crippen molar-refractivity contribution in [1.29, 1.82) is 0 Å².